The summed E-state index contributed by atoms with van der Waals surface area (Å²) in [6.07, 6.45) is 2.48. The zero-order valence-electron chi connectivity index (χ0n) is 8.13. The molecule has 0 spiro atoms. The minimum absolute atomic E-state index is 0.168. The van der Waals surface area contributed by atoms with E-state index in [1.54, 1.807) is 12.1 Å². The van der Waals surface area contributed by atoms with E-state index >= 15 is 0 Å². The molecule has 1 fully saturated rings. The number of phenols is 1. The van der Waals surface area contributed by atoms with Gasteiger partial charge in [0.2, 0.25) is 0 Å². The van der Waals surface area contributed by atoms with Crippen LogP contribution in [0.25, 0.3) is 0 Å². The van der Waals surface area contributed by atoms with Crippen LogP contribution in [0.4, 0.5) is 0 Å². The van der Waals surface area contributed by atoms with Gasteiger partial charge < -0.3 is 10.4 Å². The van der Waals surface area contributed by atoms with E-state index < -0.39 is 0 Å². The first-order valence-electron chi connectivity index (χ1n) is 4.91. The molecule has 1 aliphatic carbocycles. The summed E-state index contributed by atoms with van der Waals surface area (Å²) in [7, 11) is 0. The van der Waals surface area contributed by atoms with Gasteiger partial charge in [-0.1, -0.05) is 11.6 Å². The van der Waals surface area contributed by atoms with Crippen molar-refractivity contribution in [3.63, 3.8) is 0 Å². The minimum Gasteiger partial charge on any atom is -0.508 e. The molecule has 0 bridgehead atoms. The average molecular weight is 212 g/mol. The van der Waals surface area contributed by atoms with Crippen molar-refractivity contribution in [3.05, 3.63) is 28.8 Å². The first-order chi connectivity index (χ1) is 6.66. The van der Waals surface area contributed by atoms with E-state index in [2.05, 4.69) is 5.32 Å². The molecule has 1 aromatic carbocycles. The van der Waals surface area contributed by atoms with Crippen molar-refractivity contribution in [1.82, 2.24) is 5.32 Å². The van der Waals surface area contributed by atoms with Gasteiger partial charge in [0, 0.05) is 22.7 Å². The van der Waals surface area contributed by atoms with Crippen LogP contribution in [0.1, 0.15) is 31.4 Å². The van der Waals surface area contributed by atoms with E-state index in [0.29, 0.717) is 16.8 Å². The zero-order chi connectivity index (χ0) is 10.1. The number of nitrogens with one attached hydrogen (secondary N) is 1. The number of halogens is 1. The molecule has 0 aliphatic heterocycles. The van der Waals surface area contributed by atoms with Crippen LogP contribution in [0.5, 0.6) is 5.75 Å². The highest BCUT2D eigenvalue weighted by Crippen LogP contribution is 2.30. The van der Waals surface area contributed by atoms with Gasteiger partial charge in [0.15, 0.2) is 0 Å². The number of benzene rings is 1. The highest BCUT2D eigenvalue weighted by Gasteiger charge is 2.24. The fraction of sp³-hybridized carbons (Fsp3) is 0.455. The SMILES string of the molecule is CC(NC1CC1)c1cc(Cl)ccc1O. The van der Waals surface area contributed by atoms with Crippen LogP contribution >= 0.6 is 11.6 Å². The van der Waals surface area contributed by atoms with Crippen molar-refractivity contribution in [2.75, 3.05) is 0 Å². The molecular weight excluding hydrogens is 198 g/mol. The first kappa shape index (κ1) is 9.81. The van der Waals surface area contributed by atoms with Crippen molar-refractivity contribution in [3.8, 4) is 5.75 Å². The van der Waals surface area contributed by atoms with Gasteiger partial charge in [0.05, 0.1) is 0 Å². The maximum atomic E-state index is 9.64. The summed E-state index contributed by atoms with van der Waals surface area (Å²) in [5.74, 6) is 0.315. The molecule has 2 rings (SSSR count). The van der Waals surface area contributed by atoms with Crippen LogP contribution in [0.2, 0.25) is 5.02 Å². The van der Waals surface area contributed by atoms with Crippen molar-refractivity contribution < 1.29 is 5.11 Å². The summed E-state index contributed by atoms with van der Waals surface area (Å²) < 4.78 is 0. The largest absolute Gasteiger partial charge is 0.508 e. The third-order valence-corrected chi connectivity index (χ3v) is 2.75. The summed E-state index contributed by atoms with van der Waals surface area (Å²) in [5, 5.41) is 13.7. The normalized spacial score (nSPS) is 18.1. The Hall–Kier alpha value is -0.730. The maximum Gasteiger partial charge on any atom is 0.120 e. The second-order valence-corrected chi connectivity index (χ2v) is 4.30. The molecule has 1 atom stereocenters. The first-order valence-corrected chi connectivity index (χ1v) is 5.29. The Kier molecular flexibility index (Phi) is 2.66. The molecule has 0 radical (unpaired) electrons. The van der Waals surface area contributed by atoms with Gasteiger partial charge in [-0.05, 0) is 38.0 Å². The molecule has 0 saturated heterocycles. The predicted octanol–water partition coefficient (Wildman–Crippen LogP) is 2.86. The Morgan fingerprint density at radius 3 is 2.86 bits per heavy atom. The lowest BCUT2D eigenvalue weighted by Gasteiger charge is -2.15. The summed E-state index contributed by atoms with van der Waals surface area (Å²) >= 11 is 5.87. The second kappa shape index (κ2) is 3.79. The van der Waals surface area contributed by atoms with Gasteiger partial charge >= 0.3 is 0 Å². The van der Waals surface area contributed by atoms with Crippen molar-refractivity contribution >= 4 is 11.6 Å². The van der Waals surface area contributed by atoms with Crippen LogP contribution in [-0.4, -0.2) is 11.1 Å². The molecular formula is C11H14ClNO. The van der Waals surface area contributed by atoms with Crippen LogP contribution < -0.4 is 5.32 Å². The van der Waals surface area contributed by atoms with E-state index in [1.807, 2.05) is 13.0 Å². The average Bonchev–Trinajstić information content (AvgIpc) is 2.93. The van der Waals surface area contributed by atoms with E-state index in [0.717, 1.165) is 5.56 Å². The molecule has 0 aromatic heterocycles. The second-order valence-electron chi connectivity index (χ2n) is 3.87. The van der Waals surface area contributed by atoms with Crippen LogP contribution in [0, 0.1) is 0 Å². The van der Waals surface area contributed by atoms with Gasteiger partial charge in [-0.25, -0.2) is 0 Å². The van der Waals surface area contributed by atoms with Gasteiger partial charge in [0.25, 0.3) is 0 Å². The topological polar surface area (TPSA) is 32.3 Å². The summed E-state index contributed by atoms with van der Waals surface area (Å²) in [5.41, 5.74) is 0.879. The molecule has 2 N–H and O–H groups in total. The molecule has 0 heterocycles. The van der Waals surface area contributed by atoms with Crippen LogP contribution in [0.15, 0.2) is 18.2 Å². The lowest BCUT2D eigenvalue weighted by molar-refractivity contribution is 0.452. The number of rotatable bonds is 3. The molecule has 2 nitrogen and oxygen atoms in total. The monoisotopic (exact) mass is 211 g/mol. The molecule has 1 unspecified atom stereocenters. The molecule has 0 amide bonds. The smallest absolute Gasteiger partial charge is 0.120 e. The molecule has 1 saturated carbocycles. The Morgan fingerprint density at radius 2 is 2.21 bits per heavy atom. The summed E-state index contributed by atoms with van der Waals surface area (Å²) in [6, 6.07) is 5.95. The van der Waals surface area contributed by atoms with Gasteiger partial charge in [-0.3, -0.25) is 0 Å². The standard InChI is InChI=1S/C11H14ClNO/c1-7(13-9-3-4-9)10-6-8(12)2-5-11(10)14/h2,5-7,9,13-14H,3-4H2,1H3. The third-order valence-electron chi connectivity index (χ3n) is 2.52. The Bertz CT molecular complexity index is 336. The Morgan fingerprint density at radius 1 is 1.50 bits per heavy atom. The molecule has 3 heteroatoms. The molecule has 1 aromatic rings. The number of hydrogen-bond donors (Lipinski definition) is 2. The van der Waals surface area contributed by atoms with Crippen molar-refractivity contribution in [1.29, 1.82) is 0 Å². The Balaban J connectivity index is 2.15. The maximum absolute atomic E-state index is 9.64. The molecule has 76 valence electrons. The molecule has 14 heavy (non-hydrogen) atoms. The minimum atomic E-state index is 0.168. The van der Waals surface area contributed by atoms with Crippen molar-refractivity contribution in [2.45, 2.75) is 31.8 Å². The summed E-state index contributed by atoms with van der Waals surface area (Å²) in [4.78, 5) is 0. The number of phenolic OH excluding ortho intramolecular Hbond substituents is 1. The van der Waals surface area contributed by atoms with Crippen molar-refractivity contribution in [2.24, 2.45) is 0 Å². The Labute approximate surface area is 88.9 Å². The number of aromatic hydroxyl groups is 1. The predicted molar refractivity (Wildman–Crippen MR) is 57.7 cm³/mol. The van der Waals surface area contributed by atoms with E-state index in [9.17, 15) is 5.11 Å². The fourth-order valence-corrected chi connectivity index (χ4v) is 1.75. The van der Waals surface area contributed by atoms with Crippen LogP contribution in [0.3, 0.4) is 0 Å². The lowest BCUT2D eigenvalue weighted by Crippen LogP contribution is -2.20. The third kappa shape index (κ3) is 2.20. The van der Waals surface area contributed by atoms with E-state index in [4.69, 9.17) is 11.6 Å². The highest BCUT2D eigenvalue weighted by atomic mass is 35.5. The lowest BCUT2D eigenvalue weighted by atomic mass is 10.1. The molecule has 1 aliphatic rings. The van der Waals surface area contributed by atoms with Gasteiger partial charge in [0.1, 0.15) is 5.75 Å². The van der Waals surface area contributed by atoms with Crippen LogP contribution in [-0.2, 0) is 0 Å². The number of hydrogen-bond acceptors (Lipinski definition) is 2. The summed E-state index contributed by atoms with van der Waals surface area (Å²) in [6.45, 7) is 2.05. The zero-order valence-corrected chi connectivity index (χ0v) is 8.88. The fourth-order valence-electron chi connectivity index (χ4n) is 1.57. The highest BCUT2D eigenvalue weighted by molar-refractivity contribution is 6.30. The van der Waals surface area contributed by atoms with E-state index in [1.165, 1.54) is 12.8 Å². The van der Waals surface area contributed by atoms with E-state index in [-0.39, 0.29) is 6.04 Å². The quantitative estimate of drug-likeness (QED) is 0.806. The van der Waals surface area contributed by atoms with Gasteiger partial charge in [-0.15, -0.1) is 0 Å². The van der Waals surface area contributed by atoms with Gasteiger partial charge in [-0.2, -0.15) is 0 Å².